The summed E-state index contributed by atoms with van der Waals surface area (Å²) in [5.74, 6) is 0.932. The molecule has 0 atom stereocenters. The molecule has 2 heterocycles. The van der Waals surface area contributed by atoms with Crippen molar-refractivity contribution in [1.82, 2.24) is 14.8 Å². The van der Waals surface area contributed by atoms with Gasteiger partial charge in [0.25, 0.3) is 10.0 Å². The highest BCUT2D eigenvalue weighted by Crippen LogP contribution is 2.23. The number of aromatic nitrogens is 3. The lowest BCUT2D eigenvalue weighted by molar-refractivity contribution is 0.454. The van der Waals surface area contributed by atoms with E-state index in [9.17, 15) is 12.8 Å². The maximum Gasteiger partial charge on any atom is 0.261 e. The lowest BCUT2D eigenvalue weighted by Gasteiger charge is -2.09. The van der Waals surface area contributed by atoms with Gasteiger partial charge in [0, 0.05) is 24.1 Å². The topological polar surface area (TPSA) is 86.1 Å². The normalized spacial score (nSPS) is 11.2. The van der Waals surface area contributed by atoms with Crippen molar-refractivity contribution in [2.24, 2.45) is 0 Å². The average Bonchev–Trinajstić information content (AvgIpc) is 3.25. The summed E-state index contributed by atoms with van der Waals surface area (Å²) in [6.07, 6.45) is 3.71. The molecule has 4 aromatic rings. The Hall–Kier alpha value is -3.72. The maximum atomic E-state index is 13.0. The summed E-state index contributed by atoms with van der Waals surface area (Å²) >= 11 is 0. The highest BCUT2D eigenvalue weighted by Gasteiger charge is 2.14. The van der Waals surface area contributed by atoms with Gasteiger partial charge in [-0.3, -0.25) is 4.72 Å². The molecule has 0 saturated heterocycles. The van der Waals surface area contributed by atoms with Crippen LogP contribution in [0.25, 0.3) is 5.82 Å². The number of rotatable bonds is 6. The molecule has 29 heavy (non-hydrogen) atoms. The van der Waals surface area contributed by atoms with E-state index in [0.29, 0.717) is 23.1 Å². The second-order valence-electron chi connectivity index (χ2n) is 6.01. The molecule has 0 radical (unpaired) electrons. The Morgan fingerprint density at radius 1 is 0.862 bits per heavy atom. The molecule has 7 nitrogen and oxygen atoms in total. The number of nitrogens with one attached hydrogen (secondary N) is 1. The highest BCUT2D eigenvalue weighted by molar-refractivity contribution is 7.92. The number of halogens is 1. The molecular weight excluding hydrogens is 395 g/mol. The molecule has 2 aromatic carbocycles. The zero-order valence-corrected chi connectivity index (χ0v) is 15.8. The van der Waals surface area contributed by atoms with E-state index in [4.69, 9.17) is 4.74 Å². The molecule has 0 fully saturated rings. The van der Waals surface area contributed by atoms with Crippen molar-refractivity contribution in [2.75, 3.05) is 4.72 Å². The third-order valence-corrected chi connectivity index (χ3v) is 5.35. The predicted octanol–water partition coefficient (Wildman–Crippen LogP) is 4.00. The SMILES string of the molecule is O=S(=O)(Nc1ccc(Oc2ccc(-n3cccc3)nn2)cc1)c1ccc(F)cc1. The van der Waals surface area contributed by atoms with Gasteiger partial charge in [0.1, 0.15) is 11.6 Å². The highest BCUT2D eigenvalue weighted by atomic mass is 32.2. The Kier molecular flexibility index (Phi) is 4.96. The van der Waals surface area contributed by atoms with Gasteiger partial charge in [0.2, 0.25) is 5.88 Å². The Morgan fingerprint density at radius 2 is 1.55 bits per heavy atom. The van der Waals surface area contributed by atoms with Crippen LogP contribution in [-0.4, -0.2) is 23.2 Å². The fourth-order valence-electron chi connectivity index (χ4n) is 2.53. The maximum absolute atomic E-state index is 13.0. The largest absolute Gasteiger partial charge is 0.438 e. The van der Waals surface area contributed by atoms with Crippen LogP contribution in [-0.2, 0) is 10.0 Å². The Balaban J connectivity index is 1.43. The monoisotopic (exact) mass is 410 g/mol. The third kappa shape index (κ3) is 4.41. The molecule has 0 spiro atoms. The zero-order chi connectivity index (χ0) is 20.3. The molecule has 0 bridgehead atoms. The molecule has 0 amide bonds. The number of anilines is 1. The van der Waals surface area contributed by atoms with Crippen LogP contribution in [0.4, 0.5) is 10.1 Å². The van der Waals surface area contributed by atoms with E-state index in [1.165, 1.54) is 12.1 Å². The second-order valence-corrected chi connectivity index (χ2v) is 7.69. The van der Waals surface area contributed by atoms with E-state index in [-0.39, 0.29) is 4.90 Å². The fourth-order valence-corrected chi connectivity index (χ4v) is 3.59. The summed E-state index contributed by atoms with van der Waals surface area (Å²) in [5, 5.41) is 8.12. The van der Waals surface area contributed by atoms with E-state index < -0.39 is 15.8 Å². The van der Waals surface area contributed by atoms with Gasteiger partial charge in [-0.1, -0.05) is 0 Å². The zero-order valence-electron chi connectivity index (χ0n) is 14.9. The first kappa shape index (κ1) is 18.6. The standard InChI is InChI=1S/C20H15FN4O3S/c21-15-3-9-18(10-4-15)29(26,27)24-16-5-7-17(8-6-16)28-20-12-11-19(22-23-20)25-13-1-2-14-25/h1-14,24H. The van der Waals surface area contributed by atoms with Gasteiger partial charge < -0.3 is 9.30 Å². The van der Waals surface area contributed by atoms with Gasteiger partial charge in [-0.2, -0.15) is 0 Å². The molecule has 2 aromatic heterocycles. The lowest BCUT2D eigenvalue weighted by Crippen LogP contribution is -2.12. The molecule has 0 unspecified atom stereocenters. The van der Waals surface area contributed by atoms with Crippen molar-refractivity contribution in [1.29, 1.82) is 0 Å². The van der Waals surface area contributed by atoms with Gasteiger partial charge in [-0.05, 0) is 66.7 Å². The van der Waals surface area contributed by atoms with E-state index in [1.54, 1.807) is 36.4 Å². The molecule has 4 rings (SSSR count). The first-order valence-electron chi connectivity index (χ1n) is 8.53. The summed E-state index contributed by atoms with van der Waals surface area (Å²) in [7, 11) is -3.81. The molecule has 0 aliphatic heterocycles. The summed E-state index contributed by atoms with van der Waals surface area (Å²) in [6.45, 7) is 0. The van der Waals surface area contributed by atoms with Crippen LogP contribution in [0.2, 0.25) is 0 Å². The van der Waals surface area contributed by atoms with Crippen molar-refractivity contribution >= 4 is 15.7 Å². The quantitative estimate of drug-likeness (QED) is 0.519. The van der Waals surface area contributed by atoms with E-state index >= 15 is 0 Å². The summed E-state index contributed by atoms with van der Waals surface area (Å²) in [6, 6.07) is 18.1. The number of hydrogen-bond donors (Lipinski definition) is 1. The van der Waals surface area contributed by atoms with Gasteiger partial charge in [0.05, 0.1) is 4.90 Å². The first-order chi connectivity index (χ1) is 14.0. The molecule has 1 N–H and O–H groups in total. The van der Waals surface area contributed by atoms with Crippen molar-refractivity contribution in [2.45, 2.75) is 4.90 Å². The van der Waals surface area contributed by atoms with Gasteiger partial charge >= 0.3 is 0 Å². The molecule has 0 saturated carbocycles. The van der Waals surface area contributed by atoms with Crippen LogP contribution in [0.3, 0.4) is 0 Å². The van der Waals surface area contributed by atoms with Crippen molar-refractivity contribution in [3.8, 4) is 17.4 Å². The Morgan fingerprint density at radius 3 is 2.17 bits per heavy atom. The van der Waals surface area contributed by atoms with E-state index in [0.717, 1.165) is 12.1 Å². The minimum atomic E-state index is -3.81. The number of hydrogen-bond acceptors (Lipinski definition) is 5. The smallest absolute Gasteiger partial charge is 0.261 e. The van der Waals surface area contributed by atoms with Gasteiger partial charge in [-0.25, -0.2) is 12.8 Å². The van der Waals surface area contributed by atoms with E-state index in [1.807, 2.05) is 29.1 Å². The number of benzene rings is 2. The van der Waals surface area contributed by atoms with Crippen LogP contribution in [0.5, 0.6) is 11.6 Å². The molecule has 0 aliphatic rings. The predicted molar refractivity (Wildman–Crippen MR) is 105 cm³/mol. The first-order valence-corrected chi connectivity index (χ1v) is 10.0. The average molecular weight is 410 g/mol. The van der Waals surface area contributed by atoms with Crippen LogP contribution < -0.4 is 9.46 Å². The number of sulfonamides is 1. The summed E-state index contributed by atoms with van der Waals surface area (Å²) < 4.78 is 47.5. The van der Waals surface area contributed by atoms with Crippen molar-refractivity contribution in [3.63, 3.8) is 0 Å². The lowest BCUT2D eigenvalue weighted by atomic mass is 10.3. The number of nitrogens with zero attached hydrogens (tertiary/aromatic N) is 3. The summed E-state index contributed by atoms with van der Waals surface area (Å²) in [4.78, 5) is -0.0303. The van der Waals surface area contributed by atoms with Crippen LogP contribution >= 0.6 is 0 Å². The third-order valence-electron chi connectivity index (χ3n) is 3.95. The summed E-state index contributed by atoms with van der Waals surface area (Å²) in [5.41, 5.74) is 0.343. The van der Waals surface area contributed by atoms with Gasteiger partial charge in [0.15, 0.2) is 5.82 Å². The molecule has 146 valence electrons. The van der Waals surface area contributed by atoms with Gasteiger partial charge in [-0.15, -0.1) is 10.2 Å². The van der Waals surface area contributed by atoms with Crippen molar-refractivity contribution in [3.05, 3.63) is 91.0 Å². The minimum absolute atomic E-state index is 0.0303. The second kappa shape index (κ2) is 7.72. The van der Waals surface area contributed by atoms with Crippen molar-refractivity contribution < 1.29 is 17.5 Å². The molecule has 0 aliphatic carbocycles. The Bertz CT molecular complexity index is 1190. The van der Waals surface area contributed by atoms with Crippen LogP contribution in [0.15, 0.2) is 90.1 Å². The molecule has 9 heteroatoms. The minimum Gasteiger partial charge on any atom is -0.438 e. The van der Waals surface area contributed by atoms with Crippen LogP contribution in [0, 0.1) is 5.82 Å². The fraction of sp³-hybridized carbons (Fsp3) is 0. The van der Waals surface area contributed by atoms with Crippen LogP contribution in [0.1, 0.15) is 0 Å². The molecular formula is C20H15FN4O3S. The van der Waals surface area contributed by atoms with E-state index in [2.05, 4.69) is 14.9 Å². The Labute approximate surface area is 166 Å². The number of ether oxygens (including phenoxy) is 1.